The summed E-state index contributed by atoms with van der Waals surface area (Å²) in [5, 5.41) is 1.06. The number of amides is 1. The highest BCUT2D eigenvalue weighted by molar-refractivity contribution is 7.22. The molecule has 5 nitrogen and oxygen atoms in total. The smallest absolute Gasteiger partial charge is 0.226 e. The molecular formula is C22H25N3O2S. The number of rotatable bonds is 6. The number of para-hydroxylation sites is 1. The van der Waals surface area contributed by atoms with Gasteiger partial charge in [-0.1, -0.05) is 42.5 Å². The summed E-state index contributed by atoms with van der Waals surface area (Å²) in [5.41, 5.74) is 2.41. The lowest BCUT2D eigenvalue weighted by Gasteiger charge is -2.34. The van der Waals surface area contributed by atoms with Crippen LogP contribution >= 0.6 is 11.3 Å². The van der Waals surface area contributed by atoms with Crippen LogP contribution in [0.1, 0.15) is 18.9 Å². The van der Waals surface area contributed by atoms with Gasteiger partial charge in [-0.3, -0.25) is 4.79 Å². The third-order valence-electron chi connectivity index (χ3n) is 5.08. The minimum atomic E-state index is 0.160. The van der Waals surface area contributed by atoms with E-state index < -0.39 is 0 Å². The van der Waals surface area contributed by atoms with Gasteiger partial charge in [0.15, 0.2) is 5.13 Å². The highest BCUT2D eigenvalue weighted by atomic mass is 32.1. The third kappa shape index (κ3) is 4.28. The summed E-state index contributed by atoms with van der Waals surface area (Å²) in [6, 6.07) is 16.1. The zero-order valence-corrected chi connectivity index (χ0v) is 17.0. The van der Waals surface area contributed by atoms with Crippen molar-refractivity contribution in [1.82, 2.24) is 9.88 Å². The summed E-state index contributed by atoms with van der Waals surface area (Å²) in [6.07, 6.45) is 1.45. The number of fused-ring (bicyclic) bond motifs is 1. The Kier molecular flexibility index (Phi) is 5.76. The van der Waals surface area contributed by atoms with Crippen molar-refractivity contribution in [3.8, 4) is 5.75 Å². The van der Waals surface area contributed by atoms with Gasteiger partial charge in [0.2, 0.25) is 5.91 Å². The number of hydrogen-bond acceptors (Lipinski definition) is 5. The fraction of sp³-hybridized carbons (Fsp3) is 0.364. The lowest BCUT2D eigenvalue weighted by molar-refractivity contribution is -0.132. The maximum Gasteiger partial charge on any atom is 0.226 e. The van der Waals surface area contributed by atoms with Crippen LogP contribution in [0.5, 0.6) is 5.75 Å². The zero-order chi connectivity index (χ0) is 19.3. The second-order valence-corrected chi connectivity index (χ2v) is 7.94. The van der Waals surface area contributed by atoms with Crippen LogP contribution in [0.25, 0.3) is 10.2 Å². The monoisotopic (exact) mass is 395 g/mol. The lowest BCUT2D eigenvalue weighted by atomic mass is 10.2. The Balaban J connectivity index is 1.28. The number of aromatic nitrogens is 1. The van der Waals surface area contributed by atoms with Crippen LogP contribution in [0, 0.1) is 0 Å². The minimum absolute atomic E-state index is 0.160. The number of piperazine rings is 1. The second-order valence-electron chi connectivity index (χ2n) is 6.93. The number of carbonyl (C=O) groups is 1. The van der Waals surface area contributed by atoms with E-state index in [9.17, 15) is 4.79 Å². The number of anilines is 1. The van der Waals surface area contributed by atoms with Crippen LogP contribution in [0.3, 0.4) is 0 Å². The van der Waals surface area contributed by atoms with Crippen LogP contribution in [0.4, 0.5) is 5.13 Å². The summed E-state index contributed by atoms with van der Waals surface area (Å²) in [7, 11) is 0. The molecule has 1 fully saturated rings. The molecular weight excluding hydrogens is 370 g/mol. The molecule has 0 aliphatic carbocycles. The number of thiazole rings is 1. The first-order valence-electron chi connectivity index (χ1n) is 9.83. The van der Waals surface area contributed by atoms with Gasteiger partial charge in [-0.05, 0) is 36.2 Å². The number of hydrogen-bond donors (Lipinski definition) is 0. The average Bonchev–Trinajstić information content (AvgIpc) is 3.18. The molecule has 1 saturated heterocycles. The van der Waals surface area contributed by atoms with Crippen molar-refractivity contribution >= 4 is 32.6 Å². The SMILES string of the molecule is CCc1ccc2nc(N3CCN(C(=O)CCOc4ccccc4)CC3)sc2c1. The van der Waals surface area contributed by atoms with E-state index in [0.29, 0.717) is 13.0 Å². The first kappa shape index (κ1) is 18.7. The van der Waals surface area contributed by atoms with Gasteiger partial charge in [-0.25, -0.2) is 4.98 Å². The summed E-state index contributed by atoms with van der Waals surface area (Å²) in [5.74, 6) is 0.967. The van der Waals surface area contributed by atoms with Gasteiger partial charge >= 0.3 is 0 Å². The van der Waals surface area contributed by atoms with Crippen LogP contribution < -0.4 is 9.64 Å². The van der Waals surface area contributed by atoms with Crippen molar-refractivity contribution in [2.75, 3.05) is 37.7 Å². The minimum Gasteiger partial charge on any atom is -0.493 e. The fourth-order valence-corrected chi connectivity index (χ4v) is 4.47. The number of nitrogens with zero attached hydrogens (tertiary/aromatic N) is 3. The van der Waals surface area contributed by atoms with Gasteiger partial charge in [-0.15, -0.1) is 0 Å². The molecule has 2 heterocycles. The maximum atomic E-state index is 12.5. The Morgan fingerprint density at radius 3 is 2.64 bits per heavy atom. The molecule has 0 unspecified atom stereocenters. The molecule has 1 amide bonds. The predicted octanol–water partition coefficient (Wildman–Crippen LogP) is 3.98. The lowest BCUT2D eigenvalue weighted by Crippen LogP contribution is -2.49. The average molecular weight is 396 g/mol. The summed E-state index contributed by atoms with van der Waals surface area (Å²) in [6.45, 7) is 5.71. The highest BCUT2D eigenvalue weighted by Crippen LogP contribution is 2.30. The second kappa shape index (κ2) is 8.61. The molecule has 1 aliphatic rings. The quantitative estimate of drug-likeness (QED) is 0.633. The molecule has 0 radical (unpaired) electrons. The van der Waals surface area contributed by atoms with Crippen molar-refractivity contribution in [2.45, 2.75) is 19.8 Å². The molecule has 146 valence electrons. The van der Waals surface area contributed by atoms with Gasteiger partial charge in [0.1, 0.15) is 5.75 Å². The standard InChI is InChI=1S/C22H25N3O2S/c1-2-17-8-9-19-20(16-17)28-22(23-19)25-13-11-24(12-14-25)21(26)10-15-27-18-6-4-3-5-7-18/h3-9,16H,2,10-15H2,1H3. The number of aryl methyl sites for hydroxylation is 1. The van der Waals surface area contributed by atoms with Gasteiger partial charge in [0, 0.05) is 26.2 Å². The van der Waals surface area contributed by atoms with Crippen LogP contribution in [-0.2, 0) is 11.2 Å². The van der Waals surface area contributed by atoms with Gasteiger partial charge in [-0.2, -0.15) is 0 Å². The van der Waals surface area contributed by atoms with Gasteiger partial charge in [0.05, 0.1) is 23.2 Å². The molecule has 0 spiro atoms. The Hall–Kier alpha value is -2.60. The number of carbonyl (C=O) groups excluding carboxylic acids is 1. The van der Waals surface area contributed by atoms with E-state index in [2.05, 4.69) is 30.0 Å². The van der Waals surface area contributed by atoms with Crippen molar-refractivity contribution in [2.24, 2.45) is 0 Å². The van der Waals surface area contributed by atoms with E-state index in [1.54, 1.807) is 11.3 Å². The molecule has 4 rings (SSSR count). The maximum absolute atomic E-state index is 12.5. The highest BCUT2D eigenvalue weighted by Gasteiger charge is 2.23. The predicted molar refractivity (Wildman–Crippen MR) is 114 cm³/mol. The summed E-state index contributed by atoms with van der Waals surface area (Å²) in [4.78, 5) is 21.5. The van der Waals surface area contributed by atoms with Gasteiger partial charge in [0.25, 0.3) is 0 Å². The summed E-state index contributed by atoms with van der Waals surface area (Å²) >= 11 is 1.75. The van der Waals surface area contributed by atoms with E-state index in [1.807, 2.05) is 35.2 Å². The van der Waals surface area contributed by atoms with E-state index >= 15 is 0 Å². The van der Waals surface area contributed by atoms with E-state index in [1.165, 1.54) is 10.3 Å². The van der Waals surface area contributed by atoms with Crippen LogP contribution in [-0.4, -0.2) is 48.6 Å². The van der Waals surface area contributed by atoms with Crippen LogP contribution in [0.15, 0.2) is 48.5 Å². The molecule has 6 heteroatoms. The first-order valence-corrected chi connectivity index (χ1v) is 10.6. The molecule has 0 atom stereocenters. The van der Waals surface area contributed by atoms with Crippen molar-refractivity contribution in [3.05, 3.63) is 54.1 Å². The molecule has 3 aromatic rings. The first-order chi connectivity index (χ1) is 13.7. The fourth-order valence-electron chi connectivity index (χ4n) is 3.39. The third-order valence-corrected chi connectivity index (χ3v) is 6.16. The van der Waals surface area contributed by atoms with Crippen molar-refractivity contribution in [1.29, 1.82) is 0 Å². The van der Waals surface area contributed by atoms with E-state index in [0.717, 1.165) is 49.0 Å². The van der Waals surface area contributed by atoms with E-state index in [4.69, 9.17) is 9.72 Å². The van der Waals surface area contributed by atoms with Crippen molar-refractivity contribution < 1.29 is 9.53 Å². The van der Waals surface area contributed by atoms with Crippen LogP contribution in [0.2, 0.25) is 0 Å². The van der Waals surface area contributed by atoms with E-state index in [-0.39, 0.29) is 5.91 Å². The normalized spacial score (nSPS) is 14.5. The van der Waals surface area contributed by atoms with Gasteiger partial charge < -0.3 is 14.5 Å². The Morgan fingerprint density at radius 2 is 1.89 bits per heavy atom. The number of benzene rings is 2. The van der Waals surface area contributed by atoms with Crippen molar-refractivity contribution in [3.63, 3.8) is 0 Å². The number of ether oxygens (including phenoxy) is 1. The Labute approximate surface area is 169 Å². The Bertz CT molecular complexity index is 933. The largest absolute Gasteiger partial charge is 0.493 e. The topological polar surface area (TPSA) is 45.7 Å². The molecule has 28 heavy (non-hydrogen) atoms. The molecule has 0 bridgehead atoms. The molecule has 0 N–H and O–H groups in total. The molecule has 2 aromatic carbocycles. The molecule has 1 aromatic heterocycles. The molecule has 1 aliphatic heterocycles. The zero-order valence-electron chi connectivity index (χ0n) is 16.1. The molecule has 0 saturated carbocycles. The Morgan fingerprint density at radius 1 is 1.11 bits per heavy atom. The summed E-state index contributed by atoms with van der Waals surface area (Å²) < 4.78 is 6.89.